The molecule has 0 bridgehead atoms. The van der Waals surface area contributed by atoms with Gasteiger partial charge in [0.1, 0.15) is 0 Å². The molecule has 0 spiro atoms. The van der Waals surface area contributed by atoms with Gasteiger partial charge in [-0.05, 0) is 23.8 Å². The molecule has 5 nitrogen and oxygen atoms in total. The highest BCUT2D eigenvalue weighted by molar-refractivity contribution is 5.97. The Morgan fingerprint density at radius 1 is 1.44 bits per heavy atom. The highest BCUT2D eigenvalue weighted by Gasteiger charge is 2.13. The molecule has 0 amide bonds. The molecule has 0 fully saturated rings. The lowest BCUT2D eigenvalue weighted by Gasteiger charge is -2.02. The Bertz CT molecular complexity index is 411. The predicted molar refractivity (Wildman–Crippen MR) is 56.5 cm³/mol. The average Bonchev–Trinajstić information content (AvgIpc) is 2.28. The molecule has 0 saturated heterocycles. The van der Waals surface area contributed by atoms with Crippen LogP contribution < -0.4 is 0 Å². The molecule has 0 aliphatic carbocycles. The number of hydrogen-bond acceptors (Lipinski definition) is 4. The lowest BCUT2D eigenvalue weighted by Crippen LogP contribution is -2.09. The van der Waals surface area contributed by atoms with Crippen molar-refractivity contribution < 1.29 is 19.4 Å². The number of ether oxygens (including phenoxy) is 1. The van der Waals surface area contributed by atoms with Gasteiger partial charge >= 0.3 is 11.9 Å². The van der Waals surface area contributed by atoms with Gasteiger partial charge < -0.3 is 9.84 Å². The van der Waals surface area contributed by atoms with E-state index in [0.29, 0.717) is 5.56 Å². The molecular formula is C11H11NO4. The van der Waals surface area contributed by atoms with Crippen molar-refractivity contribution in [2.45, 2.75) is 6.42 Å². The maximum Gasteiger partial charge on any atom is 0.334 e. The third-order valence-electron chi connectivity index (χ3n) is 1.84. The fraction of sp³-hybridized carbons (Fsp3) is 0.182. The van der Waals surface area contributed by atoms with Gasteiger partial charge in [0, 0.05) is 18.0 Å². The topological polar surface area (TPSA) is 76.5 Å². The molecule has 0 aliphatic heterocycles. The van der Waals surface area contributed by atoms with E-state index in [1.54, 1.807) is 24.5 Å². The fourth-order valence-corrected chi connectivity index (χ4v) is 1.14. The number of carbonyl (C=O) groups is 2. The summed E-state index contributed by atoms with van der Waals surface area (Å²) in [6.45, 7) is 0. The van der Waals surface area contributed by atoms with Crippen molar-refractivity contribution in [2.75, 3.05) is 7.11 Å². The predicted octanol–water partition coefficient (Wildman–Crippen LogP) is 1.11. The second-order valence-corrected chi connectivity index (χ2v) is 3.01. The van der Waals surface area contributed by atoms with Crippen LogP contribution in [0.2, 0.25) is 0 Å². The first-order chi connectivity index (χ1) is 7.63. The second kappa shape index (κ2) is 5.65. The number of aliphatic carboxylic acids is 1. The number of pyridine rings is 1. The molecule has 0 unspecified atom stereocenters. The molecule has 0 aromatic carbocycles. The van der Waals surface area contributed by atoms with E-state index in [9.17, 15) is 9.59 Å². The minimum absolute atomic E-state index is 0.0983. The van der Waals surface area contributed by atoms with Gasteiger partial charge in [0.2, 0.25) is 0 Å². The van der Waals surface area contributed by atoms with E-state index in [2.05, 4.69) is 9.72 Å². The molecule has 1 aromatic rings. The van der Waals surface area contributed by atoms with Crippen molar-refractivity contribution in [1.82, 2.24) is 4.98 Å². The SMILES string of the molecule is COC(=O)/C(=C\c1ccncc1)CC(=O)O. The first-order valence-electron chi connectivity index (χ1n) is 4.54. The van der Waals surface area contributed by atoms with Crippen LogP contribution in [-0.4, -0.2) is 29.1 Å². The first-order valence-corrected chi connectivity index (χ1v) is 4.54. The van der Waals surface area contributed by atoms with Crippen LogP contribution >= 0.6 is 0 Å². The number of hydrogen-bond donors (Lipinski definition) is 1. The van der Waals surface area contributed by atoms with Gasteiger partial charge in [0.25, 0.3) is 0 Å². The number of carboxylic acids is 1. The van der Waals surface area contributed by atoms with Crippen molar-refractivity contribution >= 4 is 18.0 Å². The van der Waals surface area contributed by atoms with Gasteiger partial charge in [-0.1, -0.05) is 0 Å². The molecule has 1 N–H and O–H groups in total. The van der Waals surface area contributed by atoms with Gasteiger partial charge in [-0.3, -0.25) is 9.78 Å². The fourth-order valence-electron chi connectivity index (χ4n) is 1.14. The summed E-state index contributed by atoms with van der Waals surface area (Å²) in [5.74, 6) is -1.72. The van der Waals surface area contributed by atoms with Crippen molar-refractivity contribution in [3.63, 3.8) is 0 Å². The molecule has 0 saturated carbocycles. The minimum atomic E-state index is -1.08. The van der Waals surface area contributed by atoms with E-state index < -0.39 is 11.9 Å². The zero-order chi connectivity index (χ0) is 12.0. The number of carbonyl (C=O) groups excluding carboxylic acids is 1. The molecule has 1 aromatic heterocycles. The van der Waals surface area contributed by atoms with Gasteiger partial charge in [-0.2, -0.15) is 0 Å². The van der Waals surface area contributed by atoms with E-state index in [1.807, 2.05) is 0 Å². The summed E-state index contributed by atoms with van der Waals surface area (Å²) in [6.07, 6.45) is 4.22. The molecule has 1 rings (SSSR count). The van der Waals surface area contributed by atoms with E-state index >= 15 is 0 Å². The molecule has 0 aliphatic rings. The van der Waals surface area contributed by atoms with E-state index in [4.69, 9.17) is 5.11 Å². The molecule has 0 atom stereocenters. The Morgan fingerprint density at radius 2 is 2.06 bits per heavy atom. The Morgan fingerprint density at radius 3 is 2.56 bits per heavy atom. The quantitative estimate of drug-likeness (QED) is 0.608. The van der Waals surface area contributed by atoms with Crippen LogP contribution in [0.5, 0.6) is 0 Å². The van der Waals surface area contributed by atoms with E-state index in [0.717, 1.165) is 0 Å². The maximum absolute atomic E-state index is 11.3. The number of esters is 1. The van der Waals surface area contributed by atoms with Gasteiger partial charge in [0.05, 0.1) is 13.5 Å². The van der Waals surface area contributed by atoms with Gasteiger partial charge in [-0.25, -0.2) is 4.79 Å². The summed E-state index contributed by atoms with van der Waals surface area (Å²) in [4.78, 5) is 25.7. The number of aromatic nitrogens is 1. The summed E-state index contributed by atoms with van der Waals surface area (Å²) in [5.41, 5.74) is 0.804. The molecule has 16 heavy (non-hydrogen) atoms. The Kier molecular flexibility index (Phi) is 4.20. The van der Waals surface area contributed by atoms with Crippen LogP contribution in [-0.2, 0) is 14.3 Å². The van der Waals surface area contributed by atoms with Crippen molar-refractivity contribution in [3.8, 4) is 0 Å². The smallest absolute Gasteiger partial charge is 0.334 e. The average molecular weight is 221 g/mol. The minimum Gasteiger partial charge on any atom is -0.481 e. The number of methoxy groups -OCH3 is 1. The van der Waals surface area contributed by atoms with Crippen LogP contribution in [0.1, 0.15) is 12.0 Å². The largest absolute Gasteiger partial charge is 0.481 e. The Labute approximate surface area is 92.4 Å². The molecular weight excluding hydrogens is 210 g/mol. The van der Waals surface area contributed by atoms with Gasteiger partial charge in [-0.15, -0.1) is 0 Å². The normalized spacial score (nSPS) is 10.9. The summed E-state index contributed by atoms with van der Waals surface area (Å²) in [7, 11) is 1.21. The standard InChI is InChI=1S/C11H11NO4/c1-16-11(15)9(7-10(13)14)6-8-2-4-12-5-3-8/h2-6H,7H2,1H3,(H,13,14)/b9-6-. The number of carboxylic acid groups (broad SMARTS) is 1. The lowest BCUT2D eigenvalue weighted by molar-refractivity contribution is -0.141. The van der Waals surface area contributed by atoms with Crippen molar-refractivity contribution in [1.29, 1.82) is 0 Å². The maximum atomic E-state index is 11.3. The van der Waals surface area contributed by atoms with E-state index in [1.165, 1.54) is 13.2 Å². The zero-order valence-corrected chi connectivity index (χ0v) is 8.71. The summed E-state index contributed by atoms with van der Waals surface area (Å²) in [6, 6.07) is 3.34. The monoisotopic (exact) mass is 221 g/mol. The molecule has 0 radical (unpaired) electrons. The van der Waals surface area contributed by atoms with Crippen LogP contribution in [0.25, 0.3) is 6.08 Å². The highest BCUT2D eigenvalue weighted by Crippen LogP contribution is 2.10. The second-order valence-electron chi connectivity index (χ2n) is 3.01. The van der Waals surface area contributed by atoms with Crippen LogP contribution in [0, 0.1) is 0 Å². The van der Waals surface area contributed by atoms with Crippen LogP contribution in [0.4, 0.5) is 0 Å². The third kappa shape index (κ3) is 3.53. The highest BCUT2D eigenvalue weighted by atomic mass is 16.5. The Balaban J connectivity index is 2.96. The van der Waals surface area contributed by atoms with Crippen molar-refractivity contribution in [3.05, 3.63) is 35.7 Å². The summed E-state index contributed by atoms with van der Waals surface area (Å²) in [5, 5.41) is 8.65. The summed E-state index contributed by atoms with van der Waals surface area (Å²) < 4.78 is 4.50. The van der Waals surface area contributed by atoms with Crippen LogP contribution in [0.3, 0.4) is 0 Å². The van der Waals surface area contributed by atoms with E-state index in [-0.39, 0.29) is 12.0 Å². The zero-order valence-electron chi connectivity index (χ0n) is 8.71. The Hall–Kier alpha value is -2.17. The molecule has 1 heterocycles. The van der Waals surface area contributed by atoms with Crippen LogP contribution in [0.15, 0.2) is 30.1 Å². The molecule has 5 heteroatoms. The first kappa shape index (κ1) is 11.9. The molecule has 84 valence electrons. The lowest BCUT2D eigenvalue weighted by atomic mass is 10.1. The third-order valence-corrected chi connectivity index (χ3v) is 1.84. The van der Waals surface area contributed by atoms with Crippen molar-refractivity contribution in [2.24, 2.45) is 0 Å². The van der Waals surface area contributed by atoms with Gasteiger partial charge in [0.15, 0.2) is 0 Å². The number of nitrogens with zero attached hydrogens (tertiary/aromatic N) is 1. The summed E-state index contributed by atoms with van der Waals surface area (Å²) >= 11 is 0. The number of rotatable bonds is 4.